The number of aromatic nitrogens is 4. The van der Waals surface area contributed by atoms with Gasteiger partial charge >= 0.3 is 0 Å². The first-order valence-corrected chi connectivity index (χ1v) is 10.8. The van der Waals surface area contributed by atoms with Crippen molar-refractivity contribution in [2.75, 3.05) is 6.54 Å². The van der Waals surface area contributed by atoms with E-state index >= 15 is 0 Å². The van der Waals surface area contributed by atoms with Gasteiger partial charge in [-0.2, -0.15) is 10.4 Å². The lowest BCUT2D eigenvalue weighted by atomic mass is 10.1. The molecule has 2 heterocycles. The fourth-order valence-electron chi connectivity index (χ4n) is 3.32. The molecular formula is C25H21ClN6O. The summed E-state index contributed by atoms with van der Waals surface area (Å²) < 4.78 is 3.66. The summed E-state index contributed by atoms with van der Waals surface area (Å²) in [6, 6.07) is 18.9. The fraction of sp³-hybridized carbons (Fsp3) is 0.120. The molecule has 0 fully saturated rings. The Hall–Kier alpha value is -4.15. The molecule has 7 nitrogen and oxygen atoms in total. The van der Waals surface area contributed by atoms with E-state index in [0.29, 0.717) is 22.8 Å². The molecule has 0 bridgehead atoms. The van der Waals surface area contributed by atoms with Gasteiger partial charge < -0.3 is 9.88 Å². The summed E-state index contributed by atoms with van der Waals surface area (Å²) in [5.74, 6) is -0.419. The van der Waals surface area contributed by atoms with E-state index in [1.807, 2.05) is 65.5 Å². The quantitative estimate of drug-likeness (QED) is 0.240. The first-order valence-electron chi connectivity index (χ1n) is 10.4. The largest absolute Gasteiger partial charge is 0.351 e. The summed E-state index contributed by atoms with van der Waals surface area (Å²) in [5.41, 5.74) is 3.02. The number of imidazole rings is 1. The van der Waals surface area contributed by atoms with E-state index in [9.17, 15) is 10.1 Å². The van der Waals surface area contributed by atoms with Crippen LogP contribution in [0.15, 0.2) is 85.1 Å². The van der Waals surface area contributed by atoms with Crippen molar-refractivity contribution in [1.29, 1.82) is 5.26 Å². The number of benzene rings is 2. The van der Waals surface area contributed by atoms with Crippen molar-refractivity contribution in [3.63, 3.8) is 0 Å². The zero-order chi connectivity index (χ0) is 23.0. The van der Waals surface area contributed by atoms with Crippen LogP contribution in [0.1, 0.15) is 12.0 Å². The third-order valence-corrected chi connectivity index (χ3v) is 5.24. The van der Waals surface area contributed by atoms with Crippen molar-refractivity contribution in [3.8, 4) is 23.0 Å². The van der Waals surface area contributed by atoms with Gasteiger partial charge in [0, 0.05) is 47.8 Å². The van der Waals surface area contributed by atoms with E-state index in [-0.39, 0.29) is 5.57 Å². The molecule has 0 aliphatic heterocycles. The minimum atomic E-state index is -0.419. The third-order valence-electron chi connectivity index (χ3n) is 4.98. The second-order valence-electron chi connectivity index (χ2n) is 7.30. The predicted molar refractivity (Wildman–Crippen MR) is 127 cm³/mol. The first kappa shape index (κ1) is 22.1. The van der Waals surface area contributed by atoms with Crippen LogP contribution in [0.25, 0.3) is 23.0 Å². The van der Waals surface area contributed by atoms with Crippen LogP contribution in [0.2, 0.25) is 5.02 Å². The number of nitrogens with one attached hydrogen (secondary N) is 1. The highest BCUT2D eigenvalue weighted by molar-refractivity contribution is 6.30. The van der Waals surface area contributed by atoms with Crippen molar-refractivity contribution in [3.05, 3.63) is 95.7 Å². The molecule has 2 aromatic carbocycles. The van der Waals surface area contributed by atoms with Crippen LogP contribution in [0.5, 0.6) is 0 Å². The van der Waals surface area contributed by atoms with E-state index < -0.39 is 5.91 Å². The smallest absolute Gasteiger partial charge is 0.261 e. The van der Waals surface area contributed by atoms with E-state index in [4.69, 9.17) is 16.7 Å². The maximum Gasteiger partial charge on any atom is 0.261 e. The van der Waals surface area contributed by atoms with Crippen LogP contribution < -0.4 is 5.32 Å². The Kier molecular flexibility index (Phi) is 6.98. The number of amides is 1. The van der Waals surface area contributed by atoms with E-state index in [2.05, 4.69) is 10.3 Å². The Bertz CT molecular complexity index is 1290. The van der Waals surface area contributed by atoms with Crippen LogP contribution in [0.3, 0.4) is 0 Å². The van der Waals surface area contributed by atoms with Gasteiger partial charge in [-0.1, -0.05) is 41.9 Å². The molecule has 8 heteroatoms. The molecule has 1 amide bonds. The second kappa shape index (κ2) is 10.4. The molecule has 0 aliphatic rings. The Morgan fingerprint density at radius 3 is 2.64 bits per heavy atom. The summed E-state index contributed by atoms with van der Waals surface area (Å²) in [6.45, 7) is 1.18. The van der Waals surface area contributed by atoms with Crippen LogP contribution >= 0.6 is 11.6 Å². The average Bonchev–Trinajstić information content (AvgIpc) is 3.51. The van der Waals surface area contributed by atoms with Crippen molar-refractivity contribution < 1.29 is 4.79 Å². The summed E-state index contributed by atoms with van der Waals surface area (Å²) in [6.07, 6.45) is 9.41. The number of carbonyl (C=O) groups is 1. The number of aryl methyl sites for hydroxylation is 1. The molecule has 33 heavy (non-hydrogen) atoms. The minimum absolute atomic E-state index is 0.0143. The highest BCUT2D eigenvalue weighted by Gasteiger charge is 2.15. The number of halogens is 1. The number of carbonyl (C=O) groups excluding carboxylic acids is 1. The maximum atomic E-state index is 12.6. The van der Waals surface area contributed by atoms with Gasteiger partial charge in [0.25, 0.3) is 5.91 Å². The fourth-order valence-corrected chi connectivity index (χ4v) is 3.45. The Labute approximate surface area is 196 Å². The van der Waals surface area contributed by atoms with Crippen molar-refractivity contribution in [1.82, 2.24) is 24.6 Å². The summed E-state index contributed by atoms with van der Waals surface area (Å²) in [5, 5.41) is 17.8. The average molecular weight is 457 g/mol. The van der Waals surface area contributed by atoms with Gasteiger partial charge in [-0.25, -0.2) is 9.67 Å². The number of para-hydroxylation sites is 1. The lowest BCUT2D eigenvalue weighted by molar-refractivity contribution is -0.117. The van der Waals surface area contributed by atoms with Crippen molar-refractivity contribution >= 4 is 23.6 Å². The molecule has 0 atom stereocenters. The standard InChI is InChI=1S/C25H21ClN6O/c26-22-9-7-19(8-10-22)24-21(17-32(30-24)23-5-2-1-3-6-23)15-20(16-27)25(33)29-11-4-13-31-14-12-28-18-31/h1-3,5-10,12,14-15,17-18H,4,11,13H2,(H,29,33). The topological polar surface area (TPSA) is 88.5 Å². The number of hydrogen-bond donors (Lipinski definition) is 1. The van der Waals surface area contributed by atoms with Gasteiger partial charge in [0.2, 0.25) is 0 Å². The summed E-state index contributed by atoms with van der Waals surface area (Å²) in [7, 11) is 0. The summed E-state index contributed by atoms with van der Waals surface area (Å²) >= 11 is 6.04. The van der Waals surface area contributed by atoms with Gasteiger partial charge in [0.1, 0.15) is 11.6 Å². The monoisotopic (exact) mass is 456 g/mol. The Morgan fingerprint density at radius 2 is 1.94 bits per heavy atom. The summed E-state index contributed by atoms with van der Waals surface area (Å²) in [4.78, 5) is 16.6. The highest BCUT2D eigenvalue weighted by atomic mass is 35.5. The van der Waals surface area contributed by atoms with Gasteiger partial charge in [0.15, 0.2) is 0 Å². The van der Waals surface area contributed by atoms with Gasteiger partial charge in [-0.15, -0.1) is 0 Å². The van der Waals surface area contributed by atoms with Crippen molar-refractivity contribution in [2.45, 2.75) is 13.0 Å². The molecule has 0 saturated carbocycles. The zero-order valence-electron chi connectivity index (χ0n) is 17.7. The minimum Gasteiger partial charge on any atom is -0.351 e. The molecule has 0 spiro atoms. The van der Waals surface area contributed by atoms with Gasteiger partial charge in [0.05, 0.1) is 17.7 Å². The van der Waals surface area contributed by atoms with E-state index in [0.717, 1.165) is 24.2 Å². The Morgan fingerprint density at radius 1 is 1.15 bits per heavy atom. The molecule has 0 radical (unpaired) electrons. The van der Waals surface area contributed by atoms with Gasteiger partial charge in [-0.3, -0.25) is 4.79 Å². The SMILES string of the molecule is N#CC(=Cc1cn(-c2ccccc2)nc1-c1ccc(Cl)cc1)C(=O)NCCCn1ccnc1. The molecule has 2 aromatic heterocycles. The van der Waals surface area contributed by atoms with E-state index in [1.165, 1.54) is 0 Å². The molecule has 0 saturated heterocycles. The van der Waals surface area contributed by atoms with Crippen LogP contribution in [-0.2, 0) is 11.3 Å². The predicted octanol–water partition coefficient (Wildman–Crippen LogP) is 4.50. The third kappa shape index (κ3) is 5.56. The van der Waals surface area contributed by atoms with Gasteiger partial charge in [-0.05, 0) is 36.8 Å². The van der Waals surface area contributed by atoms with Crippen LogP contribution in [0.4, 0.5) is 0 Å². The zero-order valence-corrected chi connectivity index (χ0v) is 18.5. The first-order chi connectivity index (χ1) is 16.1. The molecule has 4 rings (SSSR count). The molecule has 1 N–H and O–H groups in total. The lowest BCUT2D eigenvalue weighted by Gasteiger charge is -2.05. The number of rotatable bonds is 8. The number of nitriles is 1. The normalized spacial score (nSPS) is 11.2. The molecular weight excluding hydrogens is 436 g/mol. The molecule has 0 unspecified atom stereocenters. The Balaban J connectivity index is 1.58. The molecule has 0 aliphatic carbocycles. The van der Waals surface area contributed by atoms with Crippen molar-refractivity contribution in [2.24, 2.45) is 0 Å². The second-order valence-corrected chi connectivity index (χ2v) is 7.74. The van der Waals surface area contributed by atoms with Crippen LogP contribution in [-0.4, -0.2) is 31.8 Å². The number of hydrogen-bond acceptors (Lipinski definition) is 4. The van der Waals surface area contributed by atoms with E-state index in [1.54, 1.807) is 35.4 Å². The molecule has 164 valence electrons. The lowest BCUT2D eigenvalue weighted by Crippen LogP contribution is -2.26. The highest BCUT2D eigenvalue weighted by Crippen LogP contribution is 2.27. The maximum absolute atomic E-state index is 12.6. The van der Waals surface area contributed by atoms with Crippen LogP contribution in [0, 0.1) is 11.3 Å². The molecule has 4 aromatic rings. The number of nitrogens with zero attached hydrogens (tertiary/aromatic N) is 5.